The van der Waals surface area contributed by atoms with E-state index >= 15 is 0 Å². The fourth-order valence-electron chi connectivity index (χ4n) is 2.53. The van der Waals surface area contributed by atoms with Gasteiger partial charge in [0.15, 0.2) is 0 Å². The Morgan fingerprint density at radius 1 is 1.44 bits per heavy atom. The Morgan fingerprint density at radius 3 is 2.78 bits per heavy atom. The van der Waals surface area contributed by atoms with Gasteiger partial charge in [-0.3, -0.25) is 0 Å². The highest BCUT2D eigenvalue weighted by molar-refractivity contribution is 7.89. The molecule has 2 aliphatic rings. The van der Waals surface area contributed by atoms with Crippen molar-refractivity contribution < 1.29 is 17.5 Å². The van der Waals surface area contributed by atoms with Gasteiger partial charge in [-0.15, -0.1) is 0 Å². The number of benzene rings is 1. The minimum atomic E-state index is -3.60. The van der Waals surface area contributed by atoms with Gasteiger partial charge in [-0.1, -0.05) is 6.07 Å². The molecule has 0 amide bonds. The second-order valence-corrected chi connectivity index (χ2v) is 6.72. The van der Waals surface area contributed by atoms with Crippen molar-refractivity contribution in [3.63, 3.8) is 0 Å². The number of morpholine rings is 1. The van der Waals surface area contributed by atoms with Crippen LogP contribution >= 0.6 is 0 Å². The molecule has 2 bridgehead atoms. The molecule has 0 aromatic heterocycles. The number of ether oxygens (including phenoxy) is 1. The Kier molecular flexibility index (Phi) is 2.69. The van der Waals surface area contributed by atoms with Crippen LogP contribution in [-0.4, -0.2) is 38.0 Å². The van der Waals surface area contributed by atoms with E-state index in [2.05, 4.69) is 0 Å². The molecule has 2 fully saturated rings. The van der Waals surface area contributed by atoms with Gasteiger partial charge >= 0.3 is 0 Å². The minimum absolute atomic E-state index is 0.0000651. The fraction of sp³-hybridized carbons (Fsp3) is 0.500. The first-order chi connectivity index (χ1) is 8.48. The highest BCUT2D eigenvalue weighted by atomic mass is 32.2. The summed E-state index contributed by atoms with van der Waals surface area (Å²) >= 11 is 0. The van der Waals surface area contributed by atoms with Gasteiger partial charge in [-0.05, 0) is 31.0 Å². The van der Waals surface area contributed by atoms with Crippen LogP contribution in [0, 0.1) is 12.7 Å². The molecule has 98 valence electrons. The van der Waals surface area contributed by atoms with Crippen molar-refractivity contribution in [2.45, 2.75) is 30.4 Å². The monoisotopic (exact) mass is 271 g/mol. The number of halogens is 1. The third-order valence-electron chi connectivity index (χ3n) is 3.60. The minimum Gasteiger partial charge on any atom is -0.375 e. The summed E-state index contributed by atoms with van der Waals surface area (Å²) in [4.78, 5) is 0.0261. The number of sulfonamides is 1. The molecule has 18 heavy (non-hydrogen) atoms. The van der Waals surface area contributed by atoms with E-state index in [1.807, 2.05) is 0 Å². The summed E-state index contributed by atoms with van der Waals surface area (Å²) in [6.07, 6.45) is 0.744. The van der Waals surface area contributed by atoms with Crippen molar-refractivity contribution in [2.24, 2.45) is 0 Å². The Labute approximate surface area is 105 Å². The summed E-state index contributed by atoms with van der Waals surface area (Å²) < 4.78 is 45.1. The maximum absolute atomic E-state index is 13.5. The lowest BCUT2D eigenvalue weighted by Crippen LogP contribution is -2.41. The summed E-state index contributed by atoms with van der Waals surface area (Å²) in [7, 11) is -3.60. The Balaban J connectivity index is 1.97. The van der Waals surface area contributed by atoms with Crippen molar-refractivity contribution in [1.82, 2.24) is 4.31 Å². The predicted molar refractivity (Wildman–Crippen MR) is 63.2 cm³/mol. The number of hydrogen-bond donors (Lipinski definition) is 0. The highest BCUT2D eigenvalue weighted by Gasteiger charge is 2.45. The molecule has 0 N–H and O–H groups in total. The average Bonchev–Trinajstić information content (AvgIpc) is 2.94. The summed E-state index contributed by atoms with van der Waals surface area (Å²) in [5, 5.41) is 0. The molecule has 2 atom stereocenters. The van der Waals surface area contributed by atoms with E-state index in [1.54, 1.807) is 6.92 Å². The van der Waals surface area contributed by atoms with Crippen molar-refractivity contribution in [3.05, 3.63) is 29.6 Å². The molecule has 0 saturated carbocycles. The van der Waals surface area contributed by atoms with Crippen LogP contribution in [0.5, 0.6) is 0 Å². The molecule has 6 heteroatoms. The smallest absolute Gasteiger partial charge is 0.243 e. The predicted octanol–water partition coefficient (Wildman–Crippen LogP) is 1.30. The van der Waals surface area contributed by atoms with Crippen LogP contribution in [0.2, 0.25) is 0 Å². The van der Waals surface area contributed by atoms with Crippen LogP contribution in [-0.2, 0) is 14.8 Å². The largest absolute Gasteiger partial charge is 0.375 e. The van der Waals surface area contributed by atoms with E-state index in [1.165, 1.54) is 16.4 Å². The SMILES string of the molecule is Cc1ccc(S(=O)(=O)N2CC3CC2CO3)cc1F. The molecule has 4 nitrogen and oxygen atoms in total. The van der Waals surface area contributed by atoms with Gasteiger partial charge in [0.25, 0.3) is 0 Å². The summed E-state index contributed by atoms with van der Waals surface area (Å²) in [6.45, 7) is 2.43. The van der Waals surface area contributed by atoms with Gasteiger partial charge in [0, 0.05) is 6.54 Å². The summed E-state index contributed by atoms with van der Waals surface area (Å²) in [6, 6.07) is 3.95. The Bertz CT molecular complexity index is 587. The normalized spacial score (nSPS) is 27.9. The van der Waals surface area contributed by atoms with E-state index in [0.29, 0.717) is 18.7 Å². The Morgan fingerprint density at radius 2 is 2.22 bits per heavy atom. The van der Waals surface area contributed by atoms with Crippen LogP contribution in [0.15, 0.2) is 23.1 Å². The number of hydrogen-bond acceptors (Lipinski definition) is 3. The molecule has 0 spiro atoms. The van der Waals surface area contributed by atoms with Crippen molar-refractivity contribution in [2.75, 3.05) is 13.2 Å². The van der Waals surface area contributed by atoms with Gasteiger partial charge in [0.05, 0.1) is 23.6 Å². The Hall–Kier alpha value is -0.980. The van der Waals surface area contributed by atoms with E-state index in [4.69, 9.17) is 4.74 Å². The second-order valence-electron chi connectivity index (χ2n) is 4.83. The lowest BCUT2D eigenvalue weighted by atomic mass is 10.2. The molecule has 1 aromatic rings. The molecule has 2 saturated heterocycles. The maximum atomic E-state index is 13.5. The number of nitrogens with zero attached hydrogens (tertiary/aromatic N) is 1. The molecule has 0 aliphatic carbocycles. The van der Waals surface area contributed by atoms with Crippen LogP contribution < -0.4 is 0 Å². The second kappa shape index (κ2) is 4.01. The zero-order chi connectivity index (χ0) is 12.9. The van der Waals surface area contributed by atoms with Crippen molar-refractivity contribution >= 4 is 10.0 Å². The third-order valence-corrected chi connectivity index (χ3v) is 5.51. The molecule has 2 heterocycles. The number of fused-ring (bicyclic) bond motifs is 2. The number of aryl methyl sites for hydroxylation is 1. The van der Waals surface area contributed by atoms with Crippen molar-refractivity contribution in [3.8, 4) is 0 Å². The molecule has 2 unspecified atom stereocenters. The molecule has 1 aromatic carbocycles. The standard InChI is InChI=1S/C12H14FNO3S/c1-8-2-3-11(5-12(8)13)18(15,16)14-6-10-4-9(14)7-17-10/h2-3,5,9-10H,4,6-7H2,1H3. The average molecular weight is 271 g/mol. The molecule has 2 aliphatic heterocycles. The van der Waals surface area contributed by atoms with Gasteiger partial charge < -0.3 is 4.74 Å². The third kappa shape index (κ3) is 1.75. The van der Waals surface area contributed by atoms with Gasteiger partial charge in [0.1, 0.15) is 5.82 Å². The molecule has 0 radical (unpaired) electrons. The van der Waals surface area contributed by atoms with Crippen LogP contribution in [0.4, 0.5) is 4.39 Å². The molecular weight excluding hydrogens is 257 g/mol. The first-order valence-corrected chi connectivity index (χ1v) is 7.32. The highest BCUT2D eigenvalue weighted by Crippen LogP contribution is 2.33. The van der Waals surface area contributed by atoms with Gasteiger partial charge in [-0.2, -0.15) is 4.31 Å². The van der Waals surface area contributed by atoms with Gasteiger partial charge in [-0.25, -0.2) is 12.8 Å². The van der Waals surface area contributed by atoms with Crippen molar-refractivity contribution in [1.29, 1.82) is 0 Å². The van der Waals surface area contributed by atoms with E-state index < -0.39 is 15.8 Å². The lowest BCUT2D eigenvalue weighted by molar-refractivity contribution is 0.0608. The van der Waals surface area contributed by atoms with Crippen LogP contribution in [0.3, 0.4) is 0 Å². The van der Waals surface area contributed by atoms with E-state index in [0.717, 1.165) is 12.5 Å². The summed E-state index contributed by atoms with van der Waals surface area (Å²) in [5.74, 6) is -0.489. The zero-order valence-electron chi connectivity index (χ0n) is 9.97. The topological polar surface area (TPSA) is 46.6 Å². The maximum Gasteiger partial charge on any atom is 0.243 e. The zero-order valence-corrected chi connectivity index (χ0v) is 10.8. The number of rotatable bonds is 2. The summed E-state index contributed by atoms with van der Waals surface area (Å²) in [5.41, 5.74) is 0.445. The quantitative estimate of drug-likeness (QED) is 0.814. The van der Waals surface area contributed by atoms with E-state index in [9.17, 15) is 12.8 Å². The van der Waals surface area contributed by atoms with Gasteiger partial charge in [0.2, 0.25) is 10.0 Å². The van der Waals surface area contributed by atoms with Crippen LogP contribution in [0.1, 0.15) is 12.0 Å². The lowest BCUT2D eigenvalue weighted by Gasteiger charge is -2.26. The molecular formula is C12H14FNO3S. The fourth-order valence-corrected chi connectivity index (χ4v) is 4.19. The first kappa shape index (κ1) is 12.1. The van der Waals surface area contributed by atoms with E-state index in [-0.39, 0.29) is 17.0 Å². The first-order valence-electron chi connectivity index (χ1n) is 5.88. The molecule has 3 rings (SSSR count). The van der Waals surface area contributed by atoms with Crippen LogP contribution in [0.25, 0.3) is 0 Å².